The molecule has 0 atom stereocenters. The van der Waals surface area contributed by atoms with Gasteiger partial charge in [0.1, 0.15) is 5.82 Å². The van der Waals surface area contributed by atoms with Crippen LogP contribution in [0.2, 0.25) is 0 Å². The zero-order valence-electron chi connectivity index (χ0n) is 7.80. The van der Waals surface area contributed by atoms with Crippen molar-refractivity contribution in [2.45, 2.75) is 0 Å². The lowest BCUT2D eigenvalue weighted by atomic mass is 10.2. The fourth-order valence-corrected chi connectivity index (χ4v) is 1.68. The van der Waals surface area contributed by atoms with Gasteiger partial charge in [0.25, 0.3) is 5.56 Å². The highest BCUT2D eigenvalue weighted by molar-refractivity contribution is 9.10. The van der Waals surface area contributed by atoms with E-state index in [2.05, 4.69) is 20.9 Å². The van der Waals surface area contributed by atoms with Crippen LogP contribution in [0, 0.1) is 5.82 Å². The largest absolute Gasteiger partial charge is 0.491 e. The number of halogens is 2. The lowest BCUT2D eigenvalue weighted by Crippen LogP contribution is -2.08. The molecule has 0 amide bonds. The van der Waals surface area contributed by atoms with Crippen LogP contribution in [-0.4, -0.2) is 12.1 Å². The van der Waals surface area contributed by atoms with Crippen molar-refractivity contribution >= 4 is 26.8 Å². The van der Waals surface area contributed by atoms with Gasteiger partial charge in [0.05, 0.1) is 11.6 Å². The van der Waals surface area contributed by atoms with Crippen LogP contribution < -0.4 is 10.3 Å². The van der Waals surface area contributed by atoms with E-state index < -0.39 is 0 Å². The van der Waals surface area contributed by atoms with Gasteiger partial charge in [-0.25, -0.2) is 4.39 Å². The highest BCUT2D eigenvalue weighted by Crippen LogP contribution is 2.22. The maximum Gasteiger partial charge on any atom is 0.290 e. The molecule has 2 aromatic rings. The van der Waals surface area contributed by atoms with Crippen LogP contribution in [-0.2, 0) is 0 Å². The molecule has 0 fully saturated rings. The van der Waals surface area contributed by atoms with Crippen molar-refractivity contribution in [2.75, 3.05) is 7.11 Å². The topological polar surface area (TPSA) is 42.1 Å². The van der Waals surface area contributed by atoms with Gasteiger partial charge in [-0.2, -0.15) is 0 Å². The molecule has 0 bridgehead atoms. The summed E-state index contributed by atoms with van der Waals surface area (Å²) in [7, 11) is 1.39. The number of nitrogens with one attached hydrogen (secondary N) is 1. The molecule has 1 heterocycles. The smallest absolute Gasteiger partial charge is 0.290 e. The second-order valence-electron chi connectivity index (χ2n) is 3.02. The van der Waals surface area contributed by atoms with E-state index in [0.29, 0.717) is 15.4 Å². The van der Waals surface area contributed by atoms with Crippen LogP contribution in [0.15, 0.2) is 27.5 Å². The summed E-state index contributed by atoms with van der Waals surface area (Å²) in [6.07, 6.45) is 0. The summed E-state index contributed by atoms with van der Waals surface area (Å²) in [6, 6.07) is 4.35. The van der Waals surface area contributed by atoms with Gasteiger partial charge >= 0.3 is 0 Å². The standard InChI is InChI=1S/C10H7BrFNO2/c1-15-9-3-5-2-7(12)6(11)4-8(5)13-10(9)14/h2-4H,1H3,(H,13,14). The highest BCUT2D eigenvalue weighted by atomic mass is 79.9. The molecule has 3 nitrogen and oxygen atoms in total. The summed E-state index contributed by atoms with van der Waals surface area (Å²) in [6.45, 7) is 0. The molecule has 0 saturated carbocycles. The average molecular weight is 272 g/mol. The molecular formula is C10H7BrFNO2. The second-order valence-corrected chi connectivity index (χ2v) is 3.87. The quantitative estimate of drug-likeness (QED) is 0.866. The third-order valence-corrected chi connectivity index (χ3v) is 2.68. The Balaban J connectivity index is 2.82. The molecule has 1 N–H and O–H groups in total. The van der Waals surface area contributed by atoms with Gasteiger partial charge < -0.3 is 9.72 Å². The molecule has 2 rings (SSSR count). The summed E-state index contributed by atoms with van der Waals surface area (Å²) in [5, 5.41) is 0.590. The maximum absolute atomic E-state index is 13.2. The van der Waals surface area contributed by atoms with Gasteiger partial charge in [0.2, 0.25) is 0 Å². The fraction of sp³-hybridized carbons (Fsp3) is 0.100. The number of pyridine rings is 1. The third kappa shape index (κ3) is 1.74. The summed E-state index contributed by atoms with van der Waals surface area (Å²) in [4.78, 5) is 14.0. The summed E-state index contributed by atoms with van der Waals surface area (Å²) >= 11 is 3.05. The first kappa shape index (κ1) is 10.2. The minimum atomic E-state index is -0.378. The van der Waals surface area contributed by atoms with Crippen molar-refractivity contribution in [2.24, 2.45) is 0 Å². The van der Waals surface area contributed by atoms with Crippen molar-refractivity contribution in [3.05, 3.63) is 38.8 Å². The number of hydrogen-bond acceptors (Lipinski definition) is 2. The number of hydrogen-bond donors (Lipinski definition) is 1. The molecule has 78 valence electrons. The highest BCUT2D eigenvalue weighted by Gasteiger charge is 2.06. The Morgan fingerprint density at radius 2 is 2.13 bits per heavy atom. The molecule has 1 aromatic heterocycles. The van der Waals surface area contributed by atoms with Gasteiger partial charge in [-0.05, 0) is 34.1 Å². The van der Waals surface area contributed by atoms with E-state index in [1.165, 1.54) is 25.3 Å². The molecule has 0 radical (unpaired) electrons. The first-order valence-electron chi connectivity index (χ1n) is 4.18. The van der Waals surface area contributed by atoms with E-state index in [0.717, 1.165) is 0 Å². The van der Waals surface area contributed by atoms with Gasteiger partial charge in [-0.1, -0.05) is 0 Å². The summed E-state index contributed by atoms with van der Waals surface area (Å²) in [5.41, 5.74) is 0.234. The maximum atomic E-state index is 13.2. The zero-order chi connectivity index (χ0) is 11.0. The molecule has 0 aliphatic heterocycles. The first-order chi connectivity index (χ1) is 7.11. The summed E-state index contributed by atoms with van der Waals surface area (Å²) in [5.74, 6) is -0.208. The summed E-state index contributed by atoms with van der Waals surface area (Å²) < 4.78 is 18.4. The van der Waals surface area contributed by atoms with Crippen molar-refractivity contribution < 1.29 is 9.13 Å². The van der Waals surface area contributed by atoms with E-state index in [-0.39, 0.29) is 17.1 Å². The number of methoxy groups -OCH3 is 1. The number of benzene rings is 1. The van der Waals surface area contributed by atoms with Gasteiger partial charge in [0, 0.05) is 10.9 Å². The van der Waals surface area contributed by atoms with E-state index in [1.807, 2.05) is 0 Å². The predicted molar refractivity (Wildman–Crippen MR) is 58.8 cm³/mol. The Labute approximate surface area is 93.0 Å². The zero-order valence-corrected chi connectivity index (χ0v) is 9.39. The Bertz CT molecular complexity index is 579. The van der Waals surface area contributed by atoms with Crippen LogP contribution in [0.1, 0.15) is 0 Å². The molecule has 0 aliphatic carbocycles. The third-order valence-electron chi connectivity index (χ3n) is 2.07. The number of H-pyrrole nitrogens is 1. The number of aromatic amines is 1. The SMILES string of the molecule is COc1cc2cc(F)c(Br)cc2[nH]c1=O. The minimum absolute atomic E-state index is 0.171. The molecule has 0 aliphatic rings. The average Bonchev–Trinajstić information content (AvgIpc) is 2.20. The lowest BCUT2D eigenvalue weighted by molar-refractivity contribution is 0.409. The molecular weight excluding hydrogens is 265 g/mol. The molecule has 0 saturated heterocycles. The number of aromatic nitrogens is 1. The second kappa shape index (κ2) is 3.66. The van der Waals surface area contributed by atoms with Crippen LogP contribution in [0.5, 0.6) is 5.75 Å². The monoisotopic (exact) mass is 271 g/mol. The predicted octanol–water partition coefficient (Wildman–Crippen LogP) is 2.44. The molecule has 15 heavy (non-hydrogen) atoms. The van der Waals surface area contributed by atoms with E-state index in [9.17, 15) is 9.18 Å². The Hall–Kier alpha value is -1.36. The van der Waals surface area contributed by atoms with Crippen LogP contribution in [0.25, 0.3) is 10.9 Å². The molecule has 1 aromatic carbocycles. The molecule has 5 heteroatoms. The van der Waals surface area contributed by atoms with E-state index in [4.69, 9.17) is 4.74 Å². The number of rotatable bonds is 1. The Morgan fingerprint density at radius 1 is 1.40 bits per heavy atom. The van der Waals surface area contributed by atoms with E-state index >= 15 is 0 Å². The minimum Gasteiger partial charge on any atom is -0.491 e. The van der Waals surface area contributed by atoms with Crippen molar-refractivity contribution in [1.82, 2.24) is 4.98 Å². The van der Waals surface area contributed by atoms with Gasteiger partial charge in [-0.15, -0.1) is 0 Å². The van der Waals surface area contributed by atoms with Crippen LogP contribution >= 0.6 is 15.9 Å². The normalized spacial score (nSPS) is 10.6. The van der Waals surface area contributed by atoms with Crippen molar-refractivity contribution in [3.63, 3.8) is 0 Å². The Kier molecular flexibility index (Phi) is 2.48. The van der Waals surface area contributed by atoms with Gasteiger partial charge in [0.15, 0.2) is 5.75 Å². The van der Waals surface area contributed by atoms with Crippen LogP contribution in [0.3, 0.4) is 0 Å². The molecule has 0 unspecified atom stereocenters. The Morgan fingerprint density at radius 3 is 2.80 bits per heavy atom. The van der Waals surface area contributed by atoms with E-state index in [1.54, 1.807) is 0 Å². The number of ether oxygens (including phenoxy) is 1. The lowest BCUT2D eigenvalue weighted by Gasteiger charge is -2.03. The van der Waals surface area contributed by atoms with Crippen LogP contribution in [0.4, 0.5) is 4.39 Å². The fourth-order valence-electron chi connectivity index (χ4n) is 1.33. The first-order valence-corrected chi connectivity index (χ1v) is 4.97. The van der Waals surface area contributed by atoms with Crippen molar-refractivity contribution in [1.29, 1.82) is 0 Å². The molecule has 0 spiro atoms. The number of fused-ring (bicyclic) bond motifs is 1. The van der Waals surface area contributed by atoms with Gasteiger partial charge in [-0.3, -0.25) is 4.79 Å². The van der Waals surface area contributed by atoms with Crippen molar-refractivity contribution in [3.8, 4) is 5.75 Å².